The van der Waals surface area contributed by atoms with Crippen LogP contribution in [0.3, 0.4) is 0 Å². The molecule has 1 heterocycles. The van der Waals surface area contributed by atoms with Crippen LogP contribution in [-0.2, 0) is 6.54 Å². The van der Waals surface area contributed by atoms with Crippen LogP contribution in [0.4, 0.5) is 5.13 Å². The maximum absolute atomic E-state index is 8.80. The van der Waals surface area contributed by atoms with E-state index in [1.54, 1.807) is 11.6 Å². The fraction of sp³-hybridized carbons (Fsp3) is 0.182. The van der Waals surface area contributed by atoms with Crippen LogP contribution in [0.25, 0.3) is 0 Å². The van der Waals surface area contributed by atoms with Crippen molar-refractivity contribution in [1.82, 2.24) is 10.2 Å². The molecule has 1 aromatic heterocycles. The molecule has 0 radical (unpaired) electrons. The van der Waals surface area contributed by atoms with Crippen LogP contribution in [0.2, 0.25) is 0 Å². The molecule has 2 aromatic rings. The summed E-state index contributed by atoms with van der Waals surface area (Å²) >= 11 is 1.50. The maximum Gasteiger partial charge on any atom is 0.208 e. The van der Waals surface area contributed by atoms with Crippen molar-refractivity contribution < 1.29 is 0 Å². The minimum atomic E-state index is 0.683. The van der Waals surface area contributed by atoms with Crippen molar-refractivity contribution in [2.24, 2.45) is 0 Å². The third-order valence-electron chi connectivity index (χ3n) is 2.15. The molecule has 80 valence electrons. The summed E-state index contributed by atoms with van der Waals surface area (Å²) in [6, 6.07) is 9.71. The number of hydrogen-bond donors (Lipinski definition) is 0. The first-order chi connectivity index (χ1) is 7.79. The normalized spacial score (nSPS) is 9.75. The number of benzene rings is 1. The van der Waals surface area contributed by atoms with E-state index in [0.29, 0.717) is 5.56 Å². The van der Waals surface area contributed by atoms with Gasteiger partial charge in [-0.25, -0.2) is 0 Å². The zero-order chi connectivity index (χ0) is 11.4. The van der Waals surface area contributed by atoms with E-state index >= 15 is 0 Å². The van der Waals surface area contributed by atoms with E-state index in [-0.39, 0.29) is 0 Å². The van der Waals surface area contributed by atoms with E-state index in [4.69, 9.17) is 5.26 Å². The van der Waals surface area contributed by atoms with E-state index in [9.17, 15) is 0 Å². The van der Waals surface area contributed by atoms with Gasteiger partial charge in [0.2, 0.25) is 5.13 Å². The molecular formula is C11H10N4S. The summed E-state index contributed by atoms with van der Waals surface area (Å²) in [5, 5.41) is 17.5. The first kappa shape index (κ1) is 10.6. The Kier molecular flexibility index (Phi) is 3.13. The van der Waals surface area contributed by atoms with Gasteiger partial charge in [-0.2, -0.15) is 5.26 Å². The Bertz CT molecular complexity index is 501. The van der Waals surface area contributed by atoms with Gasteiger partial charge in [-0.1, -0.05) is 23.5 Å². The molecule has 0 amide bonds. The van der Waals surface area contributed by atoms with Crippen LogP contribution in [-0.4, -0.2) is 17.2 Å². The Morgan fingerprint density at radius 2 is 2.38 bits per heavy atom. The van der Waals surface area contributed by atoms with Crippen molar-refractivity contribution in [3.05, 3.63) is 40.9 Å². The van der Waals surface area contributed by atoms with E-state index < -0.39 is 0 Å². The highest BCUT2D eigenvalue weighted by atomic mass is 32.1. The Balaban J connectivity index is 2.12. The van der Waals surface area contributed by atoms with Crippen molar-refractivity contribution in [2.45, 2.75) is 6.54 Å². The molecule has 0 unspecified atom stereocenters. The van der Waals surface area contributed by atoms with Gasteiger partial charge in [0, 0.05) is 13.6 Å². The summed E-state index contributed by atoms with van der Waals surface area (Å²) in [6.07, 6.45) is 0. The number of nitriles is 1. The summed E-state index contributed by atoms with van der Waals surface area (Å²) in [6.45, 7) is 0.727. The minimum Gasteiger partial charge on any atom is -0.345 e. The molecule has 0 aliphatic carbocycles. The van der Waals surface area contributed by atoms with E-state index in [0.717, 1.165) is 17.2 Å². The molecule has 5 heteroatoms. The lowest BCUT2D eigenvalue weighted by molar-refractivity contribution is 0.893. The van der Waals surface area contributed by atoms with Gasteiger partial charge < -0.3 is 4.90 Å². The second-order valence-corrected chi connectivity index (χ2v) is 4.20. The van der Waals surface area contributed by atoms with Gasteiger partial charge in [-0.05, 0) is 17.7 Å². The number of aromatic nitrogens is 2. The third kappa shape index (κ3) is 2.35. The lowest BCUT2D eigenvalue weighted by atomic mass is 10.1. The lowest BCUT2D eigenvalue weighted by Gasteiger charge is -2.14. The number of anilines is 1. The van der Waals surface area contributed by atoms with Crippen molar-refractivity contribution in [1.29, 1.82) is 5.26 Å². The van der Waals surface area contributed by atoms with Crippen LogP contribution in [0.15, 0.2) is 29.8 Å². The SMILES string of the molecule is CN(Cc1cccc(C#N)c1)c1nncs1. The molecule has 0 spiro atoms. The zero-order valence-corrected chi connectivity index (χ0v) is 9.61. The first-order valence-corrected chi connectivity index (χ1v) is 5.64. The average molecular weight is 230 g/mol. The van der Waals surface area contributed by atoms with Gasteiger partial charge in [0.05, 0.1) is 11.6 Å². The lowest BCUT2D eigenvalue weighted by Crippen LogP contribution is -2.16. The summed E-state index contributed by atoms with van der Waals surface area (Å²) in [7, 11) is 1.96. The molecule has 0 N–H and O–H groups in total. The van der Waals surface area contributed by atoms with Crippen LogP contribution in [0, 0.1) is 11.3 Å². The number of hydrogen-bond acceptors (Lipinski definition) is 5. The smallest absolute Gasteiger partial charge is 0.208 e. The Morgan fingerprint density at radius 1 is 1.50 bits per heavy atom. The molecule has 0 aliphatic heterocycles. The highest BCUT2D eigenvalue weighted by Gasteiger charge is 2.05. The fourth-order valence-corrected chi connectivity index (χ4v) is 1.94. The summed E-state index contributed by atoms with van der Waals surface area (Å²) < 4.78 is 0. The Labute approximate surface area is 97.8 Å². The fourth-order valence-electron chi connectivity index (χ4n) is 1.41. The van der Waals surface area contributed by atoms with Crippen LogP contribution < -0.4 is 4.90 Å². The molecule has 0 aliphatic rings. The highest BCUT2D eigenvalue weighted by Crippen LogP contribution is 2.16. The molecule has 1 aromatic carbocycles. The molecule has 0 saturated carbocycles. The van der Waals surface area contributed by atoms with Crippen molar-refractivity contribution in [3.8, 4) is 6.07 Å². The topological polar surface area (TPSA) is 52.8 Å². The van der Waals surface area contributed by atoms with E-state index in [1.807, 2.05) is 30.1 Å². The molecule has 0 fully saturated rings. The predicted octanol–water partition coefficient (Wildman–Crippen LogP) is 2.05. The summed E-state index contributed by atoms with van der Waals surface area (Å²) in [5.74, 6) is 0. The van der Waals surface area contributed by atoms with Crippen molar-refractivity contribution in [3.63, 3.8) is 0 Å². The van der Waals surface area contributed by atoms with Gasteiger partial charge in [-0.15, -0.1) is 10.2 Å². The third-order valence-corrected chi connectivity index (χ3v) is 2.95. The van der Waals surface area contributed by atoms with Crippen LogP contribution in [0.5, 0.6) is 0 Å². The van der Waals surface area contributed by atoms with Crippen molar-refractivity contribution in [2.75, 3.05) is 11.9 Å². The molecule has 2 rings (SSSR count). The minimum absolute atomic E-state index is 0.683. The Morgan fingerprint density at radius 3 is 3.06 bits per heavy atom. The first-order valence-electron chi connectivity index (χ1n) is 4.76. The largest absolute Gasteiger partial charge is 0.345 e. The molecule has 0 bridgehead atoms. The number of nitrogens with zero attached hydrogens (tertiary/aromatic N) is 4. The van der Waals surface area contributed by atoms with Gasteiger partial charge in [0.15, 0.2) is 0 Å². The second kappa shape index (κ2) is 4.73. The quantitative estimate of drug-likeness (QED) is 0.809. The molecular weight excluding hydrogens is 220 g/mol. The Hall–Kier alpha value is -1.93. The van der Waals surface area contributed by atoms with Gasteiger partial charge in [0.25, 0.3) is 0 Å². The predicted molar refractivity (Wildman–Crippen MR) is 63.2 cm³/mol. The van der Waals surface area contributed by atoms with Crippen LogP contribution in [0.1, 0.15) is 11.1 Å². The monoisotopic (exact) mass is 230 g/mol. The summed E-state index contributed by atoms with van der Waals surface area (Å²) in [4.78, 5) is 2.01. The zero-order valence-electron chi connectivity index (χ0n) is 8.79. The van der Waals surface area contributed by atoms with Gasteiger partial charge in [0.1, 0.15) is 5.51 Å². The standard InChI is InChI=1S/C11H10N4S/c1-15(11-14-13-8-16-11)7-10-4-2-3-9(5-10)6-12/h2-5,8H,7H2,1H3. The highest BCUT2D eigenvalue weighted by molar-refractivity contribution is 7.13. The van der Waals surface area contributed by atoms with E-state index in [2.05, 4.69) is 16.3 Å². The van der Waals surface area contributed by atoms with Crippen molar-refractivity contribution >= 4 is 16.5 Å². The maximum atomic E-state index is 8.80. The molecule has 4 nitrogen and oxygen atoms in total. The second-order valence-electron chi connectivity index (χ2n) is 3.39. The van der Waals surface area contributed by atoms with Gasteiger partial charge in [-0.3, -0.25) is 0 Å². The average Bonchev–Trinajstić information content (AvgIpc) is 2.83. The molecule has 16 heavy (non-hydrogen) atoms. The molecule has 0 atom stereocenters. The van der Waals surface area contributed by atoms with E-state index in [1.165, 1.54) is 11.3 Å². The summed E-state index contributed by atoms with van der Waals surface area (Å²) in [5.41, 5.74) is 3.48. The van der Waals surface area contributed by atoms with Crippen LogP contribution >= 0.6 is 11.3 Å². The molecule has 0 saturated heterocycles. The van der Waals surface area contributed by atoms with Gasteiger partial charge >= 0.3 is 0 Å². The number of rotatable bonds is 3.